The van der Waals surface area contributed by atoms with Crippen LogP contribution in [0.3, 0.4) is 0 Å². The highest BCUT2D eigenvalue weighted by atomic mass is 19.1. The first kappa shape index (κ1) is 10.7. The number of rotatable bonds is 3. The van der Waals surface area contributed by atoms with Crippen molar-refractivity contribution in [2.24, 2.45) is 5.73 Å². The standard InChI is InChI=1S/C10H13FN2O/c1-13(7-6-12)10(14)8-2-4-9(11)5-3-8/h2-5H,6-7,12H2,1H3. The Labute approximate surface area is 82.3 Å². The van der Waals surface area contributed by atoms with E-state index in [1.807, 2.05) is 0 Å². The molecule has 1 rings (SSSR count). The van der Waals surface area contributed by atoms with E-state index >= 15 is 0 Å². The summed E-state index contributed by atoms with van der Waals surface area (Å²) < 4.78 is 12.6. The number of benzene rings is 1. The molecule has 0 aliphatic rings. The molecule has 1 aromatic rings. The number of halogens is 1. The first-order valence-electron chi connectivity index (χ1n) is 4.36. The van der Waals surface area contributed by atoms with Crippen LogP contribution in [0.5, 0.6) is 0 Å². The van der Waals surface area contributed by atoms with Gasteiger partial charge in [0.15, 0.2) is 0 Å². The van der Waals surface area contributed by atoms with Gasteiger partial charge in [-0.05, 0) is 24.3 Å². The number of carbonyl (C=O) groups excluding carboxylic acids is 1. The summed E-state index contributed by atoms with van der Waals surface area (Å²) >= 11 is 0. The molecule has 0 aliphatic carbocycles. The highest BCUT2D eigenvalue weighted by Crippen LogP contribution is 2.05. The fourth-order valence-electron chi connectivity index (χ4n) is 1.11. The lowest BCUT2D eigenvalue weighted by molar-refractivity contribution is 0.0799. The molecule has 4 heteroatoms. The minimum absolute atomic E-state index is 0.143. The van der Waals surface area contributed by atoms with Gasteiger partial charge >= 0.3 is 0 Å². The highest BCUT2D eigenvalue weighted by molar-refractivity contribution is 5.93. The molecule has 0 fully saturated rings. The fraction of sp³-hybridized carbons (Fsp3) is 0.300. The monoisotopic (exact) mass is 196 g/mol. The van der Waals surface area contributed by atoms with Crippen LogP contribution in [0.4, 0.5) is 4.39 Å². The molecular formula is C10H13FN2O. The normalized spacial score (nSPS) is 9.93. The lowest BCUT2D eigenvalue weighted by Crippen LogP contribution is -2.31. The summed E-state index contributed by atoms with van der Waals surface area (Å²) in [4.78, 5) is 13.1. The van der Waals surface area contributed by atoms with Gasteiger partial charge in [-0.25, -0.2) is 4.39 Å². The molecule has 2 N–H and O–H groups in total. The van der Waals surface area contributed by atoms with Crippen LogP contribution >= 0.6 is 0 Å². The molecule has 3 nitrogen and oxygen atoms in total. The molecule has 0 spiro atoms. The molecule has 1 aromatic carbocycles. The maximum atomic E-state index is 12.6. The third-order valence-electron chi connectivity index (χ3n) is 1.90. The average Bonchev–Trinajstić information content (AvgIpc) is 2.18. The van der Waals surface area contributed by atoms with Crippen molar-refractivity contribution in [3.05, 3.63) is 35.6 Å². The van der Waals surface area contributed by atoms with Crippen molar-refractivity contribution >= 4 is 5.91 Å². The summed E-state index contributed by atoms with van der Waals surface area (Å²) in [6.45, 7) is 0.916. The van der Waals surface area contributed by atoms with Crippen molar-refractivity contribution in [1.29, 1.82) is 0 Å². The first-order valence-corrected chi connectivity index (χ1v) is 4.36. The topological polar surface area (TPSA) is 46.3 Å². The molecule has 1 amide bonds. The first-order chi connectivity index (χ1) is 6.65. The molecule has 0 atom stereocenters. The smallest absolute Gasteiger partial charge is 0.253 e. The Morgan fingerprint density at radius 1 is 1.43 bits per heavy atom. The van der Waals surface area contributed by atoms with Gasteiger partial charge in [-0.15, -0.1) is 0 Å². The van der Waals surface area contributed by atoms with Gasteiger partial charge in [0.1, 0.15) is 5.82 Å². The van der Waals surface area contributed by atoms with Crippen LogP contribution in [0.15, 0.2) is 24.3 Å². The number of amides is 1. The van der Waals surface area contributed by atoms with Crippen LogP contribution in [-0.2, 0) is 0 Å². The summed E-state index contributed by atoms with van der Waals surface area (Å²) in [6, 6.07) is 5.46. The lowest BCUT2D eigenvalue weighted by atomic mass is 10.2. The number of hydrogen-bond acceptors (Lipinski definition) is 2. The van der Waals surface area contributed by atoms with Crippen LogP contribution in [-0.4, -0.2) is 30.9 Å². The van der Waals surface area contributed by atoms with E-state index in [-0.39, 0.29) is 11.7 Å². The minimum Gasteiger partial charge on any atom is -0.340 e. The van der Waals surface area contributed by atoms with E-state index in [4.69, 9.17) is 5.73 Å². The van der Waals surface area contributed by atoms with E-state index in [9.17, 15) is 9.18 Å². The number of nitrogens with two attached hydrogens (primary N) is 1. The maximum Gasteiger partial charge on any atom is 0.253 e. The number of carbonyl (C=O) groups is 1. The van der Waals surface area contributed by atoms with E-state index in [0.29, 0.717) is 18.7 Å². The van der Waals surface area contributed by atoms with Gasteiger partial charge in [-0.1, -0.05) is 0 Å². The third kappa shape index (κ3) is 2.53. The number of hydrogen-bond donors (Lipinski definition) is 1. The Morgan fingerprint density at radius 3 is 2.50 bits per heavy atom. The van der Waals surface area contributed by atoms with Crippen molar-refractivity contribution in [3.63, 3.8) is 0 Å². The van der Waals surface area contributed by atoms with Crippen LogP contribution < -0.4 is 5.73 Å². The third-order valence-corrected chi connectivity index (χ3v) is 1.90. The van der Waals surface area contributed by atoms with Crippen molar-refractivity contribution < 1.29 is 9.18 Å². The average molecular weight is 196 g/mol. The predicted molar refractivity (Wildman–Crippen MR) is 52.4 cm³/mol. The van der Waals surface area contributed by atoms with E-state index in [1.165, 1.54) is 29.2 Å². The molecule has 0 aliphatic heterocycles. The van der Waals surface area contributed by atoms with Crippen LogP contribution in [0.2, 0.25) is 0 Å². The molecule has 76 valence electrons. The summed E-state index contributed by atoms with van der Waals surface area (Å²) in [5.74, 6) is -0.488. The summed E-state index contributed by atoms with van der Waals surface area (Å²) in [7, 11) is 1.67. The second-order valence-corrected chi connectivity index (χ2v) is 3.02. The molecule has 0 radical (unpaired) electrons. The Bertz CT molecular complexity index is 310. The van der Waals surface area contributed by atoms with Gasteiger partial charge in [-0.3, -0.25) is 4.79 Å². The van der Waals surface area contributed by atoms with Gasteiger partial charge in [-0.2, -0.15) is 0 Å². The van der Waals surface area contributed by atoms with Crippen molar-refractivity contribution in [3.8, 4) is 0 Å². The van der Waals surface area contributed by atoms with Gasteiger partial charge in [0.25, 0.3) is 5.91 Å². The quantitative estimate of drug-likeness (QED) is 0.779. The van der Waals surface area contributed by atoms with Gasteiger partial charge < -0.3 is 10.6 Å². The van der Waals surface area contributed by atoms with Gasteiger partial charge in [0.2, 0.25) is 0 Å². The molecule has 0 saturated heterocycles. The summed E-state index contributed by atoms with van der Waals surface area (Å²) in [6.07, 6.45) is 0. The van der Waals surface area contributed by atoms with Crippen molar-refractivity contribution in [1.82, 2.24) is 4.90 Å². The molecule has 0 heterocycles. The van der Waals surface area contributed by atoms with E-state index in [1.54, 1.807) is 7.05 Å². The van der Waals surface area contributed by atoms with E-state index in [2.05, 4.69) is 0 Å². The second-order valence-electron chi connectivity index (χ2n) is 3.02. The number of nitrogens with zero attached hydrogens (tertiary/aromatic N) is 1. The van der Waals surface area contributed by atoms with Crippen molar-refractivity contribution in [2.75, 3.05) is 20.1 Å². The number of likely N-dealkylation sites (N-methyl/N-ethyl adjacent to an activating group) is 1. The van der Waals surface area contributed by atoms with Gasteiger partial charge in [0.05, 0.1) is 0 Å². The second kappa shape index (κ2) is 4.72. The molecule has 14 heavy (non-hydrogen) atoms. The van der Waals surface area contributed by atoms with Crippen LogP contribution in [0.25, 0.3) is 0 Å². The summed E-state index contributed by atoms with van der Waals surface area (Å²) in [5, 5.41) is 0. The Balaban J connectivity index is 2.74. The minimum atomic E-state index is -0.344. The molecular weight excluding hydrogens is 183 g/mol. The molecule has 0 unspecified atom stereocenters. The molecule has 0 bridgehead atoms. The zero-order valence-corrected chi connectivity index (χ0v) is 8.03. The van der Waals surface area contributed by atoms with E-state index < -0.39 is 0 Å². The molecule has 0 saturated carbocycles. The van der Waals surface area contributed by atoms with Crippen molar-refractivity contribution in [2.45, 2.75) is 0 Å². The largest absolute Gasteiger partial charge is 0.340 e. The van der Waals surface area contributed by atoms with Crippen LogP contribution in [0.1, 0.15) is 10.4 Å². The fourth-order valence-corrected chi connectivity index (χ4v) is 1.11. The zero-order valence-electron chi connectivity index (χ0n) is 8.03. The maximum absolute atomic E-state index is 12.6. The van der Waals surface area contributed by atoms with E-state index in [0.717, 1.165) is 0 Å². The lowest BCUT2D eigenvalue weighted by Gasteiger charge is -2.15. The summed E-state index contributed by atoms with van der Waals surface area (Å²) in [5.41, 5.74) is 5.79. The Kier molecular flexibility index (Phi) is 3.59. The zero-order chi connectivity index (χ0) is 10.6. The molecule has 0 aromatic heterocycles. The van der Waals surface area contributed by atoms with Crippen LogP contribution in [0, 0.1) is 5.82 Å². The Morgan fingerprint density at radius 2 is 2.00 bits per heavy atom. The van der Waals surface area contributed by atoms with Gasteiger partial charge in [0, 0.05) is 25.7 Å². The highest BCUT2D eigenvalue weighted by Gasteiger charge is 2.09. The SMILES string of the molecule is CN(CCN)C(=O)c1ccc(F)cc1. The predicted octanol–water partition coefficient (Wildman–Crippen LogP) is 0.856. The Hall–Kier alpha value is -1.42.